The third-order valence-electron chi connectivity index (χ3n) is 2.76. The molecular weight excluding hydrogens is 266 g/mol. The van der Waals surface area contributed by atoms with Crippen LogP contribution in [0.25, 0.3) is 6.08 Å². The highest BCUT2D eigenvalue weighted by molar-refractivity contribution is 5.89. The number of allylic oxidation sites excluding steroid dienone is 1. The average molecular weight is 281 g/mol. The largest absolute Gasteiger partial charge is 0.444 e. The van der Waals surface area contributed by atoms with Crippen LogP contribution in [0.4, 0.5) is 10.5 Å². The quantitative estimate of drug-likeness (QED) is 0.672. The lowest BCUT2D eigenvalue weighted by molar-refractivity contribution is -0.104. The number of nitrogens with one attached hydrogen (secondary N) is 1. The molecule has 106 valence electrons. The van der Waals surface area contributed by atoms with Crippen LogP contribution in [0.3, 0.4) is 0 Å². The zero-order valence-electron chi connectivity index (χ0n) is 11.4. The number of ether oxygens (including phenoxy) is 1. The molecule has 21 heavy (non-hydrogen) atoms. The Labute approximate surface area is 123 Å². The van der Waals surface area contributed by atoms with Crippen LogP contribution in [0.1, 0.15) is 11.1 Å². The third kappa shape index (κ3) is 4.62. The normalized spacial score (nSPS) is 10.3. The Balaban J connectivity index is 1.96. The van der Waals surface area contributed by atoms with E-state index >= 15 is 0 Å². The van der Waals surface area contributed by atoms with Crippen molar-refractivity contribution in [1.29, 1.82) is 0 Å². The van der Waals surface area contributed by atoms with Gasteiger partial charge >= 0.3 is 6.09 Å². The maximum Gasteiger partial charge on any atom is 0.411 e. The summed E-state index contributed by atoms with van der Waals surface area (Å²) >= 11 is 0. The minimum atomic E-state index is -0.536. The Kier molecular flexibility index (Phi) is 5.29. The first-order valence-corrected chi connectivity index (χ1v) is 6.48. The van der Waals surface area contributed by atoms with E-state index in [0.29, 0.717) is 12.0 Å². The molecule has 0 heterocycles. The zero-order valence-corrected chi connectivity index (χ0v) is 11.4. The van der Waals surface area contributed by atoms with Crippen LogP contribution in [0.2, 0.25) is 0 Å². The highest BCUT2D eigenvalue weighted by atomic mass is 16.5. The lowest BCUT2D eigenvalue weighted by Crippen LogP contribution is -2.14. The van der Waals surface area contributed by atoms with Gasteiger partial charge in [-0.15, -0.1) is 0 Å². The van der Waals surface area contributed by atoms with Gasteiger partial charge in [0.25, 0.3) is 0 Å². The van der Waals surface area contributed by atoms with Gasteiger partial charge in [0.05, 0.1) is 5.69 Å². The Morgan fingerprint density at radius 1 is 1.05 bits per heavy atom. The first kappa shape index (κ1) is 14.5. The number of anilines is 1. The number of rotatable bonds is 5. The molecule has 0 atom stereocenters. The highest BCUT2D eigenvalue weighted by Gasteiger charge is 2.06. The van der Waals surface area contributed by atoms with Crippen molar-refractivity contribution in [3.63, 3.8) is 0 Å². The molecular formula is C17H15NO3. The molecule has 0 fully saturated rings. The molecule has 0 spiro atoms. The first-order valence-electron chi connectivity index (χ1n) is 6.48. The van der Waals surface area contributed by atoms with Crippen molar-refractivity contribution in [3.05, 3.63) is 71.8 Å². The molecule has 1 amide bonds. The van der Waals surface area contributed by atoms with E-state index in [9.17, 15) is 9.59 Å². The molecule has 0 saturated heterocycles. The van der Waals surface area contributed by atoms with Gasteiger partial charge in [-0.3, -0.25) is 10.1 Å². The second kappa shape index (κ2) is 7.65. The molecule has 0 radical (unpaired) electrons. The molecule has 0 bridgehead atoms. The highest BCUT2D eigenvalue weighted by Crippen LogP contribution is 2.17. The molecule has 2 aromatic rings. The van der Waals surface area contributed by atoms with E-state index in [0.717, 1.165) is 11.1 Å². The van der Waals surface area contributed by atoms with Crippen LogP contribution in [0.5, 0.6) is 0 Å². The van der Waals surface area contributed by atoms with Gasteiger partial charge in [0.1, 0.15) is 12.9 Å². The molecule has 0 aliphatic heterocycles. The van der Waals surface area contributed by atoms with Gasteiger partial charge in [0.15, 0.2) is 0 Å². The summed E-state index contributed by atoms with van der Waals surface area (Å²) in [5.74, 6) is 0. The van der Waals surface area contributed by atoms with Gasteiger partial charge in [-0.2, -0.15) is 0 Å². The van der Waals surface area contributed by atoms with E-state index in [2.05, 4.69) is 5.32 Å². The Bertz CT molecular complexity index is 635. The minimum absolute atomic E-state index is 0.207. The van der Waals surface area contributed by atoms with Crippen molar-refractivity contribution in [3.8, 4) is 0 Å². The molecule has 0 aliphatic carbocycles. The monoisotopic (exact) mass is 281 g/mol. The number of carbonyl (C=O) groups excluding carboxylic acids is 2. The third-order valence-corrected chi connectivity index (χ3v) is 2.76. The van der Waals surface area contributed by atoms with Crippen molar-refractivity contribution in [2.24, 2.45) is 0 Å². The van der Waals surface area contributed by atoms with Gasteiger partial charge in [0.2, 0.25) is 0 Å². The Hall–Kier alpha value is -2.88. The van der Waals surface area contributed by atoms with Crippen molar-refractivity contribution in [2.75, 3.05) is 5.32 Å². The number of carbonyl (C=O) groups is 2. The maximum absolute atomic E-state index is 11.8. The molecule has 2 rings (SSSR count). The van der Waals surface area contributed by atoms with E-state index in [-0.39, 0.29) is 6.61 Å². The second-order valence-corrected chi connectivity index (χ2v) is 4.27. The van der Waals surface area contributed by atoms with Gasteiger partial charge in [0, 0.05) is 0 Å². The molecule has 0 saturated carbocycles. The number of hydrogen-bond acceptors (Lipinski definition) is 3. The van der Waals surface area contributed by atoms with Gasteiger partial charge in [-0.1, -0.05) is 48.5 Å². The SMILES string of the molecule is O=C/C=C/c1ccccc1NC(=O)OCc1ccccc1. The minimum Gasteiger partial charge on any atom is -0.444 e. The molecule has 4 nitrogen and oxygen atoms in total. The summed E-state index contributed by atoms with van der Waals surface area (Å²) in [5, 5.41) is 2.66. The smallest absolute Gasteiger partial charge is 0.411 e. The van der Waals surface area contributed by atoms with Crippen molar-refractivity contribution in [2.45, 2.75) is 6.61 Å². The van der Waals surface area contributed by atoms with Crippen LogP contribution in [-0.2, 0) is 16.1 Å². The lowest BCUT2D eigenvalue weighted by Gasteiger charge is -2.09. The molecule has 0 aromatic heterocycles. The maximum atomic E-state index is 11.8. The summed E-state index contributed by atoms with van der Waals surface area (Å²) in [4.78, 5) is 22.2. The van der Waals surface area contributed by atoms with Gasteiger partial charge in [-0.05, 0) is 29.3 Å². The fourth-order valence-electron chi connectivity index (χ4n) is 1.77. The summed E-state index contributed by atoms with van der Waals surface area (Å²) in [6.07, 6.45) is 3.14. The summed E-state index contributed by atoms with van der Waals surface area (Å²) in [5.41, 5.74) is 2.25. The zero-order chi connectivity index (χ0) is 14.9. The number of para-hydroxylation sites is 1. The van der Waals surface area contributed by atoms with E-state index in [4.69, 9.17) is 4.74 Å². The summed E-state index contributed by atoms with van der Waals surface area (Å²) in [6.45, 7) is 0.207. The number of hydrogen-bond donors (Lipinski definition) is 1. The molecule has 1 N–H and O–H groups in total. The predicted molar refractivity (Wildman–Crippen MR) is 81.8 cm³/mol. The topological polar surface area (TPSA) is 55.4 Å². The first-order chi connectivity index (χ1) is 10.3. The summed E-state index contributed by atoms with van der Waals surface area (Å²) in [6, 6.07) is 16.6. The lowest BCUT2D eigenvalue weighted by atomic mass is 10.1. The number of benzene rings is 2. The fraction of sp³-hybridized carbons (Fsp3) is 0.0588. The van der Waals surface area contributed by atoms with Gasteiger partial charge in [-0.25, -0.2) is 4.79 Å². The average Bonchev–Trinajstić information content (AvgIpc) is 2.53. The Morgan fingerprint density at radius 3 is 2.52 bits per heavy atom. The van der Waals surface area contributed by atoms with Gasteiger partial charge < -0.3 is 4.74 Å². The predicted octanol–water partition coefficient (Wildman–Crippen LogP) is 3.65. The van der Waals surface area contributed by atoms with Crippen LogP contribution in [-0.4, -0.2) is 12.4 Å². The van der Waals surface area contributed by atoms with Crippen LogP contribution >= 0.6 is 0 Å². The standard InChI is InChI=1S/C17H15NO3/c19-12-6-10-15-9-4-5-11-16(15)18-17(20)21-13-14-7-2-1-3-8-14/h1-12H,13H2,(H,18,20)/b10-6+. The van der Waals surface area contributed by atoms with Crippen molar-refractivity contribution < 1.29 is 14.3 Å². The van der Waals surface area contributed by atoms with E-state index in [1.54, 1.807) is 24.3 Å². The van der Waals surface area contributed by atoms with E-state index < -0.39 is 6.09 Å². The van der Waals surface area contributed by atoms with E-state index in [1.807, 2.05) is 36.4 Å². The van der Waals surface area contributed by atoms with Crippen molar-refractivity contribution in [1.82, 2.24) is 0 Å². The van der Waals surface area contributed by atoms with E-state index in [1.165, 1.54) is 6.08 Å². The molecule has 0 aliphatic rings. The van der Waals surface area contributed by atoms with Crippen LogP contribution in [0, 0.1) is 0 Å². The van der Waals surface area contributed by atoms with Crippen molar-refractivity contribution >= 4 is 24.1 Å². The Morgan fingerprint density at radius 2 is 1.76 bits per heavy atom. The number of aldehydes is 1. The number of amides is 1. The fourth-order valence-corrected chi connectivity index (χ4v) is 1.77. The second-order valence-electron chi connectivity index (χ2n) is 4.27. The summed E-state index contributed by atoms with van der Waals surface area (Å²) < 4.78 is 5.15. The van der Waals surface area contributed by atoms with Crippen LogP contribution in [0.15, 0.2) is 60.7 Å². The van der Waals surface area contributed by atoms with Crippen LogP contribution < -0.4 is 5.32 Å². The molecule has 0 unspecified atom stereocenters. The molecule has 2 aromatic carbocycles. The summed E-state index contributed by atoms with van der Waals surface area (Å²) in [7, 11) is 0. The molecule has 4 heteroatoms.